The lowest BCUT2D eigenvalue weighted by Gasteiger charge is -2.09. The van der Waals surface area contributed by atoms with Crippen LogP contribution >= 0.6 is 0 Å². The highest BCUT2D eigenvalue weighted by atomic mass is 16.3. The van der Waals surface area contributed by atoms with Crippen molar-refractivity contribution in [2.45, 2.75) is 13.0 Å². The number of hydrogen-bond donors (Lipinski definition) is 2. The van der Waals surface area contributed by atoms with Crippen molar-refractivity contribution >= 4 is 5.91 Å². The highest BCUT2D eigenvalue weighted by Crippen LogP contribution is 1.91. The Morgan fingerprint density at radius 2 is 2.54 bits per heavy atom. The predicted octanol–water partition coefficient (Wildman–Crippen LogP) is -0.413. The van der Waals surface area contributed by atoms with Gasteiger partial charge in [0.1, 0.15) is 12.0 Å². The van der Waals surface area contributed by atoms with Gasteiger partial charge in [-0.05, 0) is 13.0 Å². The molecule has 0 aliphatic carbocycles. The fourth-order valence-corrected chi connectivity index (χ4v) is 0.768. The number of carbonyl (C=O) groups is 1. The summed E-state index contributed by atoms with van der Waals surface area (Å²) >= 11 is 0. The summed E-state index contributed by atoms with van der Waals surface area (Å²) in [5.74, 6) is -0.302. The molecular weight excluding hydrogens is 170 g/mol. The van der Waals surface area contributed by atoms with E-state index in [9.17, 15) is 4.79 Å². The van der Waals surface area contributed by atoms with Gasteiger partial charge in [0.05, 0.1) is 6.61 Å². The van der Waals surface area contributed by atoms with Gasteiger partial charge in [0.2, 0.25) is 0 Å². The summed E-state index contributed by atoms with van der Waals surface area (Å²) < 4.78 is 0. The van der Waals surface area contributed by atoms with E-state index in [-0.39, 0.29) is 18.6 Å². The molecule has 1 amide bonds. The maximum absolute atomic E-state index is 11.3. The molecule has 2 N–H and O–H groups in total. The van der Waals surface area contributed by atoms with Crippen molar-refractivity contribution < 1.29 is 9.90 Å². The lowest BCUT2D eigenvalue weighted by molar-refractivity contribution is 0.0917. The summed E-state index contributed by atoms with van der Waals surface area (Å²) in [6.45, 7) is 1.62. The van der Waals surface area contributed by atoms with E-state index in [2.05, 4.69) is 15.3 Å². The summed E-state index contributed by atoms with van der Waals surface area (Å²) in [7, 11) is 0. The Labute approximate surface area is 75.8 Å². The predicted molar refractivity (Wildman–Crippen MR) is 46.0 cm³/mol. The van der Waals surface area contributed by atoms with E-state index < -0.39 is 0 Å². The number of aliphatic hydroxyl groups is 1. The quantitative estimate of drug-likeness (QED) is 0.664. The molecule has 5 heteroatoms. The third-order valence-electron chi connectivity index (χ3n) is 1.47. The van der Waals surface area contributed by atoms with E-state index in [4.69, 9.17) is 5.11 Å². The van der Waals surface area contributed by atoms with Crippen molar-refractivity contribution in [2.24, 2.45) is 0 Å². The highest BCUT2D eigenvalue weighted by molar-refractivity contribution is 5.92. The second kappa shape index (κ2) is 4.51. The van der Waals surface area contributed by atoms with Crippen molar-refractivity contribution in [2.75, 3.05) is 6.61 Å². The third-order valence-corrected chi connectivity index (χ3v) is 1.47. The maximum atomic E-state index is 11.3. The summed E-state index contributed by atoms with van der Waals surface area (Å²) in [4.78, 5) is 18.7. The number of carbonyl (C=O) groups excluding carboxylic acids is 1. The van der Waals surface area contributed by atoms with Crippen LogP contribution < -0.4 is 5.32 Å². The van der Waals surface area contributed by atoms with Crippen LogP contribution in [0.5, 0.6) is 0 Å². The number of aliphatic hydroxyl groups excluding tert-OH is 1. The van der Waals surface area contributed by atoms with Crippen LogP contribution in [0, 0.1) is 0 Å². The summed E-state index contributed by atoms with van der Waals surface area (Å²) in [6, 6.07) is 1.25. The van der Waals surface area contributed by atoms with Crippen LogP contribution in [0.15, 0.2) is 18.6 Å². The molecule has 13 heavy (non-hydrogen) atoms. The standard InChI is InChI=1S/C8H11N3O2/c1-6(4-12)11-8(13)7-2-3-9-5-10-7/h2-3,5-6,12H,4H2,1H3,(H,11,13)/t6-/m1/s1. The van der Waals surface area contributed by atoms with Gasteiger partial charge in [-0.25, -0.2) is 9.97 Å². The molecule has 1 heterocycles. The molecule has 0 spiro atoms. The first-order chi connectivity index (χ1) is 6.24. The molecule has 1 aromatic heterocycles. The third kappa shape index (κ3) is 2.79. The number of aromatic nitrogens is 2. The largest absolute Gasteiger partial charge is 0.394 e. The number of hydrogen-bond acceptors (Lipinski definition) is 4. The molecule has 70 valence electrons. The minimum Gasteiger partial charge on any atom is -0.394 e. The van der Waals surface area contributed by atoms with Crippen molar-refractivity contribution in [3.05, 3.63) is 24.3 Å². The number of rotatable bonds is 3. The van der Waals surface area contributed by atoms with Gasteiger partial charge in [-0.1, -0.05) is 0 Å². The zero-order valence-corrected chi connectivity index (χ0v) is 7.27. The molecule has 0 radical (unpaired) electrons. The molecule has 0 saturated heterocycles. The van der Waals surface area contributed by atoms with Gasteiger partial charge < -0.3 is 10.4 Å². The van der Waals surface area contributed by atoms with Gasteiger partial charge in [0, 0.05) is 12.2 Å². The van der Waals surface area contributed by atoms with Crippen molar-refractivity contribution in [1.82, 2.24) is 15.3 Å². The van der Waals surface area contributed by atoms with Crippen molar-refractivity contribution in [3.63, 3.8) is 0 Å². The van der Waals surface area contributed by atoms with Crippen LogP contribution in [0.2, 0.25) is 0 Å². The average molecular weight is 181 g/mol. The fraction of sp³-hybridized carbons (Fsp3) is 0.375. The van der Waals surface area contributed by atoms with Crippen LogP contribution in [0.1, 0.15) is 17.4 Å². The second-order valence-corrected chi connectivity index (χ2v) is 2.65. The van der Waals surface area contributed by atoms with E-state index in [1.54, 1.807) is 6.92 Å². The molecule has 0 unspecified atom stereocenters. The Balaban J connectivity index is 2.59. The average Bonchev–Trinajstić information content (AvgIpc) is 2.19. The smallest absolute Gasteiger partial charge is 0.270 e. The Kier molecular flexibility index (Phi) is 3.33. The molecule has 1 aromatic rings. The highest BCUT2D eigenvalue weighted by Gasteiger charge is 2.08. The van der Waals surface area contributed by atoms with Gasteiger partial charge in [0.25, 0.3) is 5.91 Å². The number of amides is 1. The number of nitrogens with one attached hydrogen (secondary N) is 1. The van der Waals surface area contributed by atoms with Gasteiger partial charge in [-0.2, -0.15) is 0 Å². The van der Waals surface area contributed by atoms with E-state index in [1.807, 2.05) is 0 Å². The van der Waals surface area contributed by atoms with Crippen LogP contribution in [-0.4, -0.2) is 33.6 Å². The van der Waals surface area contributed by atoms with E-state index in [0.29, 0.717) is 5.69 Å². The molecule has 0 aromatic carbocycles. The van der Waals surface area contributed by atoms with Crippen LogP contribution in [-0.2, 0) is 0 Å². The Bertz CT molecular complexity index is 276. The lowest BCUT2D eigenvalue weighted by Crippen LogP contribution is -2.35. The lowest BCUT2D eigenvalue weighted by atomic mass is 10.3. The fourth-order valence-electron chi connectivity index (χ4n) is 0.768. The molecule has 0 fully saturated rings. The molecule has 0 bridgehead atoms. The molecular formula is C8H11N3O2. The monoisotopic (exact) mass is 181 g/mol. The zero-order chi connectivity index (χ0) is 9.68. The molecule has 0 aliphatic rings. The minimum absolute atomic E-state index is 0.0865. The summed E-state index contributed by atoms with van der Waals surface area (Å²) in [6.07, 6.45) is 2.80. The zero-order valence-electron chi connectivity index (χ0n) is 7.27. The Morgan fingerprint density at radius 1 is 1.77 bits per heavy atom. The number of nitrogens with zero attached hydrogens (tertiary/aromatic N) is 2. The first-order valence-corrected chi connectivity index (χ1v) is 3.91. The van der Waals surface area contributed by atoms with Gasteiger partial charge in [-0.3, -0.25) is 4.79 Å². The SMILES string of the molecule is C[C@H](CO)NC(=O)c1ccncn1. The van der Waals surface area contributed by atoms with Crippen LogP contribution in [0.25, 0.3) is 0 Å². The minimum atomic E-state index is -0.302. The molecule has 1 rings (SSSR count). The maximum Gasteiger partial charge on any atom is 0.270 e. The second-order valence-electron chi connectivity index (χ2n) is 2.65. The molecule has 0 saturated carbocycles. The molecule has 5 nitrogen and oxygen atoms in total. The van der Waals surface area contributed by atoms with Crippen molar-refractivity contribution in [3.8, 4) is 0 Å². The molecule has 0 aliphatic heterocycles. The van der Waals surface area contributed by atoms with E-state index >= 15 is 0 Å². The van der Waals surface area contributed by atoms with Gasteiger partial charge in [-0.15, -0.1) is 0 Å². The summed E-state index contributed by atoms with van der Waals surface area (Å²) in [5.41, 5.74) is 0.301. The van der Waals surface area contributed by atoms with E-state index in [1.165, 1.54) is 18.6 Å². The van der Waals surface area contributed by atoms with E-state index in [0.717, 1.165) is 0 Å². The van der Waals surface area contributed by atoms with Gasteiger partial charge in [0.15, 0.2) is 0 Å². The van der Waals surface area contributed by atoms with Crippen molar-refractivity contribution in [1.29, 1.82) is 0 Å². The van der Waals surface area contributed by atoms with Crippen LogP contribution in [0.4, 0.5) is 0 Å². The topological polar surface area (TPSA) is 75.1 Å². The van der Waals surface area contributed by atoms with Gasteiger partial charge >= 0.3 is 0 Å². The Morgan fingerprint density at radius 3 is 3.08 bits per heavy atom. The summed E-state index contributed by atoms with van der Waals surface area (Å²) in [5, 5.41) is 11.2. The normalized spacial score (nSPS) is 12.2. The first kappa shape index (κ1) is 9.60. The Hall–Kier alpha value is -1.49. The molecule has 1 atom stereocenters. The first-order valence-electron chi connectivity index (χ1n) is 3.91. The van der Waals surface area contributed by atoms with Crippen LogP contribution in [0.3, 0.4) is 0 Å².